The first-order chi connectivity index (χ1) is 12.1. The molecular formula is C19H28N4OS. The van der Waals surface area contributed by atoms with Crippen LogP contribution in [0.5, 0.6) is 5.75 Å². The van der Waals surface area contributed by atoms with Crippen LogP contribution in [0.25, 0.3) is 0 Å². The minimum Gasteiger partial charge on any atom is -0.491 e. The van der Waals surface area contributed by atoms with Gasteiger partial charge in [-0.1, -0.05) is 12.1 Å². The summed E-state index contributed by atoms with van der Waals surface area (Å²) in [6.07, 6.45) is 3.02. The molecular weight excluding hydrogens is 332 g/mol. The third kappa shape index (κ3) is 7.13. The van der Waals surface area contributed by atoms with Gasteiger partial charge in [0.05, 0.1) is 17.7 Å². The molecule has 0 bridgehead atoms. The van der Waals surface area contributed by atoms with Crippen molar-refractivity contribution in [2.75, 3.05) is 13.1 Å². The Hall–Kier alpha value is -2.08. The molecule has 136 valence electrons. The first-order valence-corrected chi connectivity index (χ1v) is 9.57. The summed E-state index contributed by atoms with van der Waals surface area (Å²) in [7, 11) is 0. The van der Waals surface area contributed by atoms with Crippen LogP contribution in [0.15, 0.2) is 35.5 Å². The number of aromatic nitrogens is 1. The van der Waals surface area contributed by atoms with Gasteiger partial charge in [-0.25, -0.2) is 9.98 Å². The predicted octanol–water partition coefficient (Wildman–Crippen LogP) is 3.54. The molecule has 0 aliphatic rings. The lowest BCUT2D eigenvalue weighted by Gasteiger charge is -2.11. The topological polar surface area (TPSA) is 58.5 Å². The lowest BCUT2D eigenvalue weighted by Crippen LogP contribution is -2.38. The van der Waals surface area contributed by atoms with Gasteiger partial charge in [0.25, 0.3) is 0 Å². The van der Waals surface area contributed by atoms with Crippen molar-refractivity contribution in [3.05, 3.63) is 45.9 Å². The quantitative estimate of drug-likeness (QED) is 0.558. The molecule has 0 radical (unpaired) electrons. The molecule has 2 N–H and O–H groups in total. The Labute approximate surface area is 154 Å². The molecule has 5 nitrogen and oxygen atoms in total. The smallest absolute Gasteiger partial charge is 0.191 e. The molecule has 1 heterocycles. The third-order valence-corrected chi connectivity index (χ3v) is 4.33. The van der Waals surface area contributed by atoms with E-state index in [1.807, 2.05) is 32.2 Å². The molecule has 0 atom stereocenters. The summed E-state index contributed by atoms with van der Waals surface area (Å²) in [4.78, 5) is 10.3. The van der Waals surface area contributed by atoms with Gasteiger partial charge in [0.2, 0.25) is 0 Å². The van der Waals surface area contributed by atoms with Gasteiger partial charge in [0.15, 0.2) is 5.96 Å². The Morgan fingerprint density at radius 2 is 2.00 bits per heavy atom. The molecule has 0 aliphatic carbocycles. The molecule has 1 aromatic heterocycles. The van der Waals surface area contributed by atoms with Crippen LogP contribution in [0.2, 0.25) is 0 Å². The summed E-state index contributed by atoms with van der Waals surface area (Å²) in [5.74, 6) is 1.73. The number of nitrogens with zero attached hydrogens (tertiary/aromatic N) is 2. The number of thiazole rings is 1. The van der Waals surface area contributed by atoms with E-state index < -0.39 is 0 Å². The first kappa shape index (κ1) is 19.2. The van der Waals surface area contributed by atoms with Crippen molar-refractivity contribution in [1.82, 2.24) is 15.6 Å². The zero-order valence-corrected chi connectivity index (χ0v) is 16.3. The van der Waals surface area contributed by atoms with E-state index in [9.17, 15) is 0 Å². The summed E-state index contributed by atoms with van der Waals surface area (Å²) in [5, 5.41) is 7.80. The Balaban J connectivity index is 1.85. The molecule has 0 saturated carbocycles. The summed E-state index contributed by atoms with van der Waals surface area (Å²) < 4.78 is 5.66. The number of rotatable bonds is 8. The lowest BCUT2D eigenvalue weighted by molar-refractivity contribution is 0.242. The van der Waals surface area contributed by atoms with Gasteiger partial charge >= 0.3 is 0 Å². The van der Waals surface area contributed by atoms with Gasteiger partial charge in [0, 0.05) is 30.6 Å². The van der Waals surface area contributed by atoms with Crippen LogP contribution in [0, 0.1) is 6.92 Å². The van der Waals surface area contributed by atoms with Crippen molar-refractivity contribution in [2.24, 2.45) is 4.99 Å². The number of benzene rings is 1. The van der Waals surface area contributed by atoms with Crippen LogP contribution in [0.4, 0.5) is 0 Å². The van der Waals surface area contributed by atoms with Gasteiger partial charge in [-0.15, -0.1) is 11.3 Å². The third-order valence-electron chi connectivity index (χ3n) is 3.36. The number of nitrogens with one attached hydrogen (secondary N) is 2. The fraction of sp³-hybridized carbons (Fsp3) is 0.474. The Bertz CT molecular complexity index is 664. The van der Waals surface area contributed by atoms with Crippen molar-refractivity contribution in [3.63, 3.8) is 0 Å². The minimum absolute atomic E-state index is 0.190. The second-order valence-corrected chi connectivity index (χ2v) is 7.37. The molecule has 2 rings (SSSR count). The van der Waals surface area contributed by atoms with E-state index >= 15 is 0 Å². The van der Waals surface area contributed by atoms with Crippen LogP contribution in [-0.4, -0.2) is 30.1 Å². The van der Waals surface area contributed by atoms with Gasteiger partial charge in [-0.2, -0.15) is 0 Å². The second-order valence-electron chi connectivity index (χ2n) is 6.05. The monoisotopic (exact) mass is 360 g/mol. The molecule has 1 aromatic carbocycles. The summed E-state index contributed by atoms with van der Waals surface area (Å²) in [5.41, 5.74) is 1.16. The normalized spacial score (nSPS) is 11.6. The number of aliphatic imine (C=N–C) groups is 1. The molecule has 0 saturated heterocycles. The van der Waals surface area contributed by atoms with E-state index in [0.29, 0.717) is 6.54 Å². The second kappa shape index (κ2) is 10.0. The molecule has 0 amide bonds. The summed E-state index contributed by atoms with van der Waals surface area (Å²) in [6, 6.07) is 8.11. The standard InChI is InChI=1S/C19H28N4OS/c1-5-20-19(21-11-10-18-22-12-15(4)25-18)23-13-16-6-8-17(9-7-16)24-14(2)3/h6-9,12,14H,5,10-11,13H2,1-4H3,(H2,20,21,23). The molecule has 25 heavy (non-hydrogen) atoms. The maximum Gasteiger partial charge on any atom is 0.191 e. The summed E-state index contributed by atoms with van der Waals surface area (Å²) >= 11 is 1.75. The van der Waals surface area contributed by atoms with E-state index in [1.54, 1.807) is 11.3 Å². The van der Waals surface area contributed by atoms with Gasteiger partial charge in [-0.3, -0.25) is 0 Å². The van der Waals surface area contributed by atoms with Crippen molar-refractivity contribution in [2.45, 2.75) is 46.8 Å². The van der Waals surface area contributed by atoms with Crippen molar-refractivity contribution < 1.29 is 4.74 Å². The molecule has 2 aromatic rings. The molecule has 0 spiro atoms. The van der Waals surface area contributed by atoms with Crippen LogP contribution < -0.4 is 15.4 Å². The van der Waals surface area contributed by atoms with Crippen LogP contribution in [-0.2, 0) is 13.0 Å². The fourth-order valence-corrected chi connectivity index (χ4v) is 3.05. The predicted molar refractivity (Wildman–Crippen MR) is 106 cm³/mol. The van der Waals surface area contributed by atoms with Crippen LogP contribution in [0.3, 0.4) is 0 Å². The van der Waals surface area contributed by atoms with Crippen LogP contribution >= 0.6 is 11.3 Å². The van der Waals surface area contributed by atoms with E-state index in [-0.39, 0.29) is 6.10 Å². The maximum absolute atomic E-state index is 5.66. The fourth-order valence-electron chi connectivity index (χ4n) is 2.26. The van der Waals surface area contributed by atoms with Crippen molar-refractivity contribution in [1.29, 1.82) is 0 Å². The number of hydrogen-bond donors (Lipinski definition) is 2. The number of ether oxygens (including phenoxy) is 1. The minimum atomic E-state index is 0.190. The van der Waals surface area contributed by atoms with E-state index in [2.05, 4.69) is 46.6 Å². The number of hydrogen-bond acceptors (Lipinski definition) is 4. The largest absolute Gasteiger partial charge is 0.491 e. The summed E-state index contributed by atoms with van der Waals surface area (Å²) in [6.45, 7) is 10.5. The van der Waals surface area contributed by atoms with Gasteiger partial charge in [0.1, 0.15) is 5.75 Å². The van der Waals surface area contributed by atoms with E-state index in [0.717, 1.165) is 41.8 Å². The van der Waals surface area contributed by atoms with Gasteiger partial charge < -0.3 is 15.4 Å². The SMILES string of the molecule is CCNC(=NCc1ccc(OC(C)C)cc1)NCCc1ncc(C)s1. The van der Waals surface area contributed by atoms with Crippen molar-refractivity contribution >= 4 is 17.3 Å². The zero-order chi connectivity index (χ0) is 18.1. The highest BCUT2D eigenvalue weighted by Crippen LogP contribution is 2.14. The highest BCUT2D eigenvalue weighted by atomic mass is 32.1. The Morgan fingerprint density at radius 1 is 1.24 bits per heavy atom. The molecule has 0 fully saturated rings. The Morgan fingerprint density at radius 3 is 2.60 bits per heavy atom. The average Bonchev–Trinajstić information content (AvgIpc) is 2.99. The zero-order valence-electron chi connectivity index (χ0n) is 15.5. The molecule has 6 heteroatoms. The first-order valence-electron chi connectivity index (χ1n) is 8.76. The van der Waals surface area contributed by atoms with Crippen molar-refractivity contribution in [3.8, 4) is 5.75 Å². The maximum atomic E-state index is 5.66. The average molecular weight is 361 g/mol. The van der Waals surface area contributed by atoms with Crippen LogP contribution in [0.1, 0.15) is 36.2 Å². The number of aryl methyl sites for hydroxylation is 1. The molecule has 0 aliphatic heterocycles. The van der Waals surface area contributed by atoms with E-state index in [1.165, 1.54) is 4.88 Å². The lowest BCUT2D eigenvalue weighted by atomic mass is 10.2. The molecule has 0 unspecified atom stereocenters. The number of guanidine groups is 1. The van der Waals surface area contributed by atoms with E-state index in [4.69, 9.17) is 4.74 Å². The highest BCUT2D eigenvalue weighted by Gasteiger charge is 2.02. The Kier molecular flexibility index (Phi) is 7.73. The highest BCUT2D eigenvalue weighted by molar-refractivity contribution is 7.11. The van der Waals surface area contributed by atoms with Gasteiger partial charge in [-0.05, 0) is 45.4 Å².